The lowest BCUT2D eigenvalue weighted by atomic mass is 9.87. The van der Waals surface area contributed by atoms with Crippen molar-refractivity contribution in [3.8, 4) is 5.75 Å². The van der Waals surface area contributed by atoms with Gasteiger partial charge in [-0.25, -0.2) is 0 Å². The average Bonchev–Trinajstić information content (AvgIpc) is 3.58. The lowest BCUT2D eigenvalue weighted by Gasteiger charge is -2.42. The van der Waals surface area contributed by atoms with Crippen molar-refractivity contribution in [2.75, 3.05) is 39.5 Å². The molecule has 3 N–H and O–H groups in total. The molecule has 0 bridgehead atoms. The van der Waals surface area contributed by atoms with Gasteiger partial charge < -0.3 is 34.6 Å². The number of aliphatic hydroxyl groups excluding tert-OH is 2. The molecule has 4 rings (SSSR count). The molecule has 1 aliphatic carbocycles. The number of rotatable bonds is 9. The summed E-state index contributed by atoms with van der Waals surface area (Å²) in [7, 11) is 0. The molecule has 2 fully saturated rings. The molecule has 1 aromatic carbocycles. The highest BCUT2D eigenvalue weighted by atomic mass is 127. The normalized spacial score (nSPS) is 28.4. The Balaban J connectivity index is 1.63. The van der Waals surface area contributed by atoms with E-state index < -0.39 is 18.2 Å². The van der Waals surface area contributed by atoms with E-state index in [1.165, 1.54) is 0 Å². The third kappa shape index (κ3) is 6.53. The Morgan fingerprint density at radius 3 is 2.74 bits per heavy atom. The first-order valence-corrected chi connectivity index (χ1v) is 13.2. The number of hydrogen-bond donors (Lipinski definition) is 3. The van der Waals surface area contributed by atoms with Gasteiger partial charge in [0.2, 0.25) is 11.8 Å². The fourth-order valence-corrected chi connectivity index (χ4v) is 5.34. The summed E-state index contributed by atoms with van der Waals surface area (Å²) in [6.07, 6.45) is 2.22. The summed E-state index contributed by atoms with van der Waals surface area (Å²) >= 11 is 2.16. The van der Waals surface area contributed by atoms with E-state index >= 15 is 0 Å². The van der Waals surface area contributed by atoms with Gasteiger partial charge in [0, 0.05) is 38.3 Å². The summed E-state index contributed by atoms with van der Waals surface area (Å²) in [6, 6.07) is 6.77. The molecule has 0 spiro atoms. The molecule has 5 atom stereocenters. The van der Waals surface area contributed by atoms with E-state index in [-0.39, 0.29) is 43.4 Å². The first-order valence-electron chi connectivity index (χ1n) is 12.2. The molecule has 2 amide bonds. The Morgan fingerprint density at radius 2 is 2.06 bits per heavy atom. The van der Waals surface area contributed by atoms with Crippen molar-refractivity contribution in [3.05, 3.63) is 39.5 Å². The summed E-state index contributed by atoms with van der Waals surface area (Å²) in [6.45, 7) is 1.81. The van der Waals surface area contributed by atoms with Crippen molar-refractivity contribution in [1.82, 2.24) is 10.2 Å². The van der Waals surface area contributed by atoms with E-state index in [2.05, 4.69) is 27.9 Å². The van der Waals surface area contributed by atoms with Crippen LogP contribution >= 0.6 is 22.6 Å². The Morgan fingerprint density at radius 1 is 1.23 bits per heavy atom. The van der Waals surface area contributed by atoms with E-state index in [1.807, 2.05) is 24.3 Å². The first-order chi connectivity index (χ1) is 17.0. The van der Waals surface area contributed by atoms with E-state index in [0.29, 0.717) is 44.1 Å². The average molecular weight is 600 g/mol. The lowest BCUT2D eigenvalue weighted by Crippen LogP contribution is -2.57. The number of carbonyl (C=O) groups excluding carboxylic acids is 2. The molecule has 1 aromatic rings. The van der Waals surface area contributed by atoms with Gasteiger partial charge in [0.05, 0.1) is 34.8 Å². The second kappa shape index (κ2) is 12.5. The van der Waals surface area contributed by atoms with Crippen molar-refractivity contribution in [2.24, 2.45) is 5.92 Å². The fraction of sp³-hybridized carbons (Fsp3) is 0.600. The molecule has 0 radical (unpaired) electrons. The van der Waals surface area contributed by atoms with Crippen LogP contribution in [0.25, 0.3) is 0 Å². The number of halogens is 1. The number of hydrogen-bond acceptors (Lipinski definition) is 7. The highest BCUT2D eigenvalue weighted by molar-refractivity contribution is 14.1. The maximum absolute atomic E-state index is 13.6. The van der Waals surface area contributed by atoms with Crippen LogP contribution in [0, 0.1) is 9.49 Å². The van der Waals surface area contributed by atoms with Gasteiger partial charge >= 0.3 is 0 Å². The van der Waals surface area contributed by atoms with E-state index in [4.69, 9.17) is 19.3 Å². The van der Waals surface area contributed by atoms with Crippen LogP contribution < -0.4 is 10.1 Å². The lowest BCUT2D eigenvalue weighted by molar-refractivity contribution is -0.145. The van der Waals surface area contributed by atoms with Gasteiger partial charge in [0.15, 0.2) is 0 Å². The van der Waals surface area contributed by atoms with Crippen LogP contribution in [0.1, 0.15) is 25.7 Å². The van der Waals surface area contributed by atoms with Crippen molar-refractivity contribution in [1.29, 1.82) is 0 Å². The number of ether oxygens (including phenoxy) is 3. The highest BCUT2D eigenvalue weighted by Gasteiger charge is 2.43. The fourth-order valence-electron chi connectivity index (χ4n) is 4.83. The molecule has 192 valence electrons. The number of para-hydroxylation sites is 1. The van der Waals surface area contributed by atoms with Crippen LogP contribution in [0.4, 0.5) is 0 Å². The van der Waals surface area contributed by atoms with Gasteiger partial charge in [-0.1, -0.05) is 12.1 Å². The molecule has 10 heteroatoms. The number of benzene rings is 1. The second-order valence-corrected chi connectivity index (χ2v) is 10.3. The predicted molar refractivity (Wildman–Crippen MR) is 136 cm³/mol. The smallest absolute Gasteiger partial charge is 0.247 e. The SMILES string of the molecule is O=C(NCCO)C1=C[C@H](Oc2ccccc2I)[C@@H](O)[C@H](N(C[C@@H]2CCCO2)C(=O)C2CCOC2)C1. The molecule has 9 nitrogen and oxygen atoms in total. The van der Waals surface area contributed by atoms with Gasteiger partial charge in [-0.2, -0.15) is 0 Å². The van der Waals surface area contributed by atoms with Crippen molar-refractivity contribution in [3.63, 3.8) is 0 Å². The zero-order valence-corrected chi connectivity index (χ0v) is 21.8. The van der Waals surface area contributed by atoms with Crippen molar-refractivity contribution in [2.45, 2.75) is 50.0 Å². The van der Waals surface area contributed by atoms with Crippen molar-refractivity contribution >= 4 is 34.4 Å². The van der Waals surface area contributed by atoms with Crippen LogP contribution in [0.15, 0.2) is 35.9 Å². The molecule has 2 aliphatic heterocycles. The Hall–Kier alpha value is -1.73. The summed E-state index contributed by atoms with van der Waals surface area (Å²) in [5.74, 6) is -0.130. The van der Waals surface area contributed by atoms with E-state index in [9.17, 15) is 14.7 Å². The standard InChI is InChI=1S/C25H33IN2O7/c26-19-5-1-2-6-21(19)35-22-13-17(24(31)27-8-9-29)12-20(23(22)30)28(14-18-4-3-10-34-18)25(32)16-7-11-33-15-16/h1-2,5-6,13,16,18,20,22-23,29-30H,3-4,7-12,14-15H2,(H,27,31)/t16?,18-,20+,22-,23-/m0/s1. The molecule has 0 aromatic heterocycles. The zero-order chi connectivity index (χ0) is 24.8. The monoisotopic (exact) mass is 600 g/mol. The number of nitrogens with zero attached hydrogens (tertiary/aromatic N) is 1. The summed E-state index contributed by atoms with van der Waals surface area (Å²) in [4.78, 5) is 28.2. The van der Waals surface area contributed by atoms with Crippen LogP contribution in [-0.4, -0.2) is 90.8 Å². The van der Waals surface area contributed by atoms with Gasteiger partial charge in [-0.05, 0) is 60.1 Å². The maximum Gasteiger partial charge on any atom is 0.247 e. The molecule has 1 unspecified atom stereocenters. The Labute approximate surface area is 218 Å². The largest absolute Gasteiger partial charge is 0.482 e. The first kappa shape index (κ1) is 26.3. The Kier molecular flexibility index (Phi) is 9.40. The van der Waals surface area contributed by atoms with Crippen LogP contribution in [0.5, 0.6) is 5.75 Å². The minimum absolute atomic E-state index is 0.0906. The molecule has 3 aliphatic rings. The number of carbonyl (C=O) groups is 2. The van der Waals surface area contributed by atoms with Gasteiger partial charge in [-0.15, -0.1) is 0 Å². The van der Waals surface area contributed by atoms with Gasteiger partial charge in [-0.3, -0.25) is 9.59 Å². The predicted octanol–water partition coefficient (Wildman–Crippen LogP) is 1.25. The molecule has 2 heterocycles. The number of nitrogens with one attached hydrogen (secondary N) is 1. The Bertz CT molecular complexity index is 915. The zero-order valence-electron chi connectivity index (χ0n) is 19.6. The maximum atomic E-state index is 13.6. The third-order valence-corrected chi connectivity index (χ3v) is 7.59. The minimum Gasteiger partial charge on any atom is -0.482 e. The summed E-state index contributed by atoms with van der Waals surface area (Å²) in [5, 5.41) is 23.3. The third-order valence-electron chi connectivity index (χ3n) is 6.70. The van der Waals surface area contributed by atoms with E-state index in [1.54, 1.807) is 11.0 Å². The topological polar surface area (TPSA) is 118 Å². The number of aliphatic hydroxyl groups is 2. The molecular weight excluding hydrogens is 567 g/mol. The van der Waals surface area contributed by atoms with Crippen LogP contribution in [0.2, 0.25) is 0 Å². The second-order valence-electron chi connectivity index (χ2n) is 9.13. The quantitative estimate of drug-likeness (QED) is 0.366. The van der Waals surface area contributed by atoms with Gasteiger partial charge in [0.1, 0.15) is 18.0 Å². The highest BCUT2D eigenvalue weighted by Crippen LogP contribution is 2.32. The molecule has 2 saturated heterocycles. The van der Waals surface area contributed by atoms with Gasteiger partial charge in [0.25, 0.3) is 0 Å². The van der Waals surface area contributed by atoms with Crippen molar-refractivity contribution < 1.29 is 34.0 Å². The molecular formula is C25H33IN2O7. The van der Waals surface area contributed by atoms with E-state index in [0.717, 1.165) is 16.4 Å². The molecule has 35 heavy (non-hydrogen) atoms. The summed E-state index contributed by atoms with van der Waals surface area (Å²) < 4.78 is 18.3. The van der Waals surface area contributed by atoms with Crippen LogP contribution in [-0.2, 0) is 19.1 Å². The minimum atomic E-state index is -1.05. The summed E-state index contributed by atoms with van der Waals surface area (Å²) in [5.41, 5.74) is 0.414. The molecule has 0 saturated carbocycles. The van der Waals surface area contributed by atoms with Crippen LogP contribution in [0.3, 0.4) is 0 Å². The number of amides is 2.